The second-order valence-electron chi connectivity index (χ2n) is 6.83. The molecule has 7 heteroatoms. The van der Waals surface area contributed by atoms with Gasteiger partial charge in [-0.1, -0.05) is 11.6 Å². The molecule has 0 saturated carbocycles. The van der Waals surface area contributed by atoms with E-state index < -0.39 is 5.82 Å². The van der Waals surface area contributed by atoms with Gasteiger partial charge in [-0.25, -0.2) is 9.37 Å². The molecule has 0 fully saturated rings. The van der Waals surface area contributed by atoms with Gasteiger partial charge in [-0.2, -0.15) is 4.98 Å². The number of anilines is 3. The van der Waals surface area contributed by atoms with Gasteiger partial charge in [-0.15, -0.1) is 0 Å². The minimum Gasteiger partial charge on any atom is -0.350 e. The van der Waals surface area contributed by atoms with Crippen LogP contribution in [-0.2, 0) is 0 Å². The minimum atomic E-state index is -0.394. The number of pyridine rings is 1. The summed E-state index contributed by atoms with van der Waals surface area (Å²) in [5.41, 5.74) is 1.92. The summed E-state index contributed by atoms with van der Waals surface area (Å²) < 4.78 is 13.3. The molecule has 0 aliphatic heterocycles. The monoisotopic (exact) mass is 371 g/mol. The summed E-state index contributed by atoms with van der Waals surface area (Å²) in [6, 6.07) is 9.72. The van der Waals surface area contributed by atoms with Gasteiger partial charge in [0.2, 0.25) is 5.95 Å². The number of hydrogen-bond acceptors (Lipinski definition) is 5. The van der Waals surface area contributed by atoms with Gasteiger partial charge >= 0.3 is 0 Å². The lowest BCUT2D eigenvalue weighted by molar-refractivity contribution is 0.626. The fourth-order valence-corrected chi connectivity index (χ4v) is 2.51. The van der Waals surface area contributed by atoms with Crippen molar-refractivity contribution in [2.75, 3.05) is 10.6 Å². The Morgan fingerprint density at radius 1 is 1.08 bits per heavy atom. The SMILES string of the molecule is CC(C)(C)Nc1nc(Nc2ccc(F)cc2Cl)cc(-c2cccnc2)n1. The molecule has 0 spiro atoms. The van der Waals surface area contributed by atoms with Crippen LogP contribution in [0.15, 0.2) is 48.8 Å². The molecule has 0 aliphatic carbocycles. The van der Waals surface area contributed by atoms with Gasteiger partial charge < -0.3 is 10.6 Å². The van der Waals surface area contributed by atoms with Crippen molar-refractivity contribution in [1.29, 1.82) is 0 Å². The van der Waals surface area contributed by atoms with E-state index >= 15 is 0 Å². The Kier molecular flexibility index (Phi) is 5.04. The molecule has 134 valence electrons. The molecule has 5 nitrogen and oxygen atoms in total. The number of aromatic nitrogens is 3. The van der Waals surface area contributed by atoms with E-state index in [1.807, 2.05) is 32.9 Å². The molecule has 0 radical (unpaired) electrons. The number of benzene rings is 1. The van der Waals surface area contributed by atoms with Crippen molar-refractivity contribution in [3.8, 4) is 11.3 Å². The molecule has 0 saturated heterocycles. The Bertz CT molecular complexity index is 910. The topological polar surface area (TPSA) is 62.7 Å². The zero-order chi connectivity index (χ0) is 18.7. The molecule has 0 unspecified atom stereocenters. The highest BCUT2D eigenvalue weighted by Crippen LogP contribution is 2.28. The van der Waals surface area contributed by atoms with Gasteiger partial charge in [0.1, 0.15) is 11.6 Å². The van der Waals surface area contributed by atoms with E-state index in [1.54, 1.807) is 24.5 Å². The third-order valence-electron chi connectivity index (χ3n) is 3.36. The lowest BCUT2D eigenvalue weighted by atomic mass is 10.1. The molecule has 0 bridgehead atoms. The van der Waals surface area contributed by atoms with Crippen molar-refractivity contribution >= 4 is 29.1 Å². The summed E-state index contributed by atoms with van der Waals surface area (Å²) >= 11 is 6.11. The highest BCUT2D eigenvalue weighted by Gasteiger charge is 2.14. The number of nitrogens with zero attached hydrogens (tertiary/aromatic N) is 3. The van der Waals surface area contributed by atoms with Gasteiger partial charge in [0.05, 0.1) is 16.4 Å². The average molecular weight is 372 g/mol. The molecule has 3 aromatic rings. The molecular formula is C19H19ClFN5. The van der Waals surface area contributed by atoms with Gasteiger partial charge in [-0.3, -0.25) is 4.98 Å². The second kappa shape index (κ2) is 7.25. The van der Waals surface area contributed by atoms with Crippen LogP contribution in [0.2, 0.25) is 5.02 Å². The Morgan fingerprint density at radius 2 is 1.88 bits per heavy atom. The minimum absolute atomic E-state index is 0.210. The summed E-state index contributed by atoms with van der Waals surface area (Å²) in [6.45, 7) is 6.07. The molecular weight excluding hydrogens is 353 g/mol. The van der Waals surface area contributed by atoms with Crippen molar-refractivity contribution in [3.63, 3.8) is 0 Å². The zero-order valence-electron chi connectivity index (χ0n) is 14.7. The van der Waals surface area contributed by atoms with E-state index in [9.17, 15) is 4.39 Å². The average Bonchev–Trinajstić information content (AvgIpc) is 2.56. The van der Waals surface area contributed by atoms with Crippen LogP contribution in [0.25, 0.3) is 11.3 Å². The highest BCUT2D eigenvalue weighted by molar-refractivity contribution is 6.33. The third-order valence-corrected chi connectivity index (χ3v) is 3.68. The van der Waals surface area contributed by atoms with Crippen molar-refractivity contribution in [3.05, 3.63) is 59.6 Å². The Labute approximate surface area is 156 Å². The first kappa shape index (κ1) is 18.1. The summed E-state index contributed by atoms with van der Waals surface area (Å²) in [7, 11) is 0. The van der Waals surface area contributed by atoms with Gasteiger partial charge in [0, 0.05) is 29.6 Å². The number of halogens is 2. The smallest absolute Gasteiger partial charge is 0.225 e. The van der Waals surface area contributed by atoms with Crippen LogP contribution in [0.3, 0.4) is 0 Å². The molecule has 2 heterocycles. The first-order chi connectivity index (χ1) is 12.3. The summed E-state index contributed by atoms with van der Waals surface area (Å²) in [4.78, 5) is 13.2. The van der Waals surface area contributed by atoms with Crippen LogP contribution < -0.4 is 10.6 Å². The normalized spacial score (nSPS) is 11.3. The van der Waals surface area contributed by atoms with Crippen molar-refractivity contribution in [2.45, 2.75) is 26.3 Å². The maximum atomic E-state index is 13.3. The van der Waals surface area contributed by atoms with Gasteiger partial charge in [0.15, 0.2) is 0 Å². The maximum absolute atomic E-state index is 13.3. The van der Waals surface area contributed by atoms with Crippen LogP contribution in [-0.4, -0.2) is 20.5 Å². The zero-order valence-corrected chi connectivity index (χ0v) is 15.5. The molecule has 26 heavy (non-hydrogen) atoms. The van der Waals surface area contributed by atoms with Crippen molar-refractivity contribution in [1.82, 2.24) is 15.0 Å². The lowest BCUT2D eigenvalue weighted by Gasteiger charge is -2.21. The van der Waals surface area contributed by atoms with Crippen molar-refractivity contribution in [2.24, 2.45) is 0 Å². The van der Waals surface area contributed by atoms with Crippen LogP contribution in [0.4, 0.5) is 21.8 Å². The molecule has 0 amide bonds. The largest absolute Gasteiger partial charge is 0.350 e. The standard InChI is InChI=1S/C19H19ClFN5/c1-19(2,3)26-18-24-16(12-5-4-8-22-11-12)10-17(25-18)23-15-7-6-13(21)9-14(15)20/h4-11H,1-3H3,(H2,23,24,25,26). The van der Waals surface area contributed by atoms with Gasteiger partial charge in [-0.05, 0) is 51.1 Å². The number of hydrogen-bond donors (Lipinski definition) is 2. The van der Waals surface area contributed by atoms with E-state index in [2.05, 4.69) is 25.6 Å². The van der Waals surface area contributed by atoms with E-state index in [1.165, 1.54) is 12.1 Å². The Balaban J connectivity index is 2.01. The predicted octanol–water partition coefficient (Wildman–Crippen LogP) is 5.29. The maximum Gasteiger partial charge on any atom is 0.225 e. The van der Waals surface area contributed by atoms with Crippen LogP contribution >= 0.6 is 11.6 Å². The fourth-order valence-electron chi connectivity index (χ4n) is 2.29. The van der Waals surface area contributed by atoms with Gasteiger partial charge in [0.25, 0.3) is 0 Å². The van der Waals surface area contributed by atoms with E-state index in [0.29, 0.717) is 23.1 Å². The molecule has 3 rings (SSSR count). The molecule has 1 aromatic carbocycles. The third kappa shape index (κ3) is 4.67. The summed E-state index contributed by atoms with van der Waals surface area (Å²) in [5.74, 6) is 0.619. The van der Waals surface area contributed by atoms with Crippen molar-refractivity contribution < 1.29 is 4.39 Å². The van der Waals surface area contributed by atoms with E-state index in [0.717, 1.165) is 5.56 Å². The quantitative estimate of drug-likeness (QED) is 0.652. The fraction of sp³-hybridized carbons (Fsp3) is 0.211. The van der Waals surface area contributed by atoms with E-state index in [4.69, 9.17) is 11.6 Å². The second-order valence-corrected chi connectivity index (χ2v) is 7.24. The summed E-state index contributed by atoms with van der Waals surface area (Å²) in [6.07, 6.45) is 3.44. The first-order valence-corrected chi connectivity index (χ1v) is 8.48. The van der Waals surface area contributed by atoms with Crippen LogP contribution in [0.5, 0.6) is 0 Å². The number of nitrogens with one attached hydrogen (secondary N) is 2. The Hall–Kier alpha value is -2.73. The first-order valence-electron chi connectivity index (χ1n) is 8.10. The summed E-state index contributed by atoms with van der Waals surface area (Å²) in [5, 5.41) is 6.67. The molecule has 0 atom stereocenters. The molecule has 2 N–H and O–H groups in total. The van der Waals surface area contributed by atoms with E-state index in [-0.39, 0.29) is 10.6 Å². The highest BCUT2D eigenvalue weighted by atomic mass is 35.5. The predicted molar refractivity (Wildman–Crippen MR) is 103 cm³/mol. The molecule has 0 aliphatic rings. The Morgan fingerprint density at radius 3 is 2.54 bits per heavy atom. The van der Waals surface area contributed by atoms with Crippen LogP contribution in [0, 0.1) is 5.82 Å². The molecule has 2 aromatic heterocycles. The lowest BCUT2D eigenvalue weighted by Crippen LogP contribution is -2.27. The van der Waals surface area contributed by atoms with Crippen LogP contribution in [0.1, 0.15) is 20.8 Å². The number of rotatable bonds is 4.